The normalized spacial score (nSPS) is 13.4. The number of carbonyl (C=O) groups excluding carboxylic acids is 2. The first kappa shape index (κ1) is 55.3. The molecule has 0 saturated heterocycles. The third-order valence-corrected chi connectivity index (χ3v) is 11.6. The minimum absolute atomic E-state index is 0.0646. The summed E-state index contributed by atoms with van der Waals surface area (Å²) in [7, 11) is 0. The molecule has 0 aromatic heterocycles. The Hall–Kier alpha value is -1.66. The lowest BCUT2D eigenvalue weighted by Crippen LogP contribution is -2.46. The highest BCUT2D eigenvalue weighted by molar-refractivity contribution is 5.77. The number of hydrogen-bond acceptors (Lipinski definition) is 5. The molecule has 0 rings (SSSR count). The van der Waals surface area contributed by atoms with E-state index < -0.39 is 18.2 Å². The van der Waals surface area contributed by atoms with Gasteiger partial charge >= 0.3 is 5.97 Å². The quantitative estimate of drug-likeness (QED) is 0.0324. The van der Waals surface area contributed by atoms with Gasteiger partial charge in [-0.05, 0) is 51.4 Å². The average Bonchev–Trinajstić information content (AvgIpc) is 3.20. The highest BCUT2D eigenvalue weighted by Gasteiger charge is 2.24. The van der Waals surface area contributed by atoms with E-state index in [1.54, 1.807) is 0 Å². The summed E-state index contributed by atoms with van der Waals surface area (Å²) in [6.45, 7) is 6.46. The second-order valence-electron chi connectivity index (χ2n) is 17.3. The van der Waals surface area contributed by atoms with E-state index >= 15 is 0 Å². The van der Waals surface area contributed by atoms with Gasteiger partial charge in [0.25, 0.3) is 0 Å². The van der Waals surface area contributed by atoms with Gasteiger partial charge in [0.15, 0.2) is 0 Å². The number of carbonyl (C=O) groups is 2. The maximum Gasteiger partial charge on any atom is 0.306 e. The average molecular weight is 804 g/mol. The molecule has 6 heteroatoms. The molecule has 57 heavy (non-hydrogen) atoms. The van der Waals surface area contributed by atoms with E-state index in [2.05, 4.69) is 50.4 Å². The lowest BCUT2D eigenvalue weighted by atomic mass is 10.0. The van der Waals surface area contributed by atoms with Crippen LogP contribution < -0.4 is 5.32 Å². The molecule has 0 aliphatic carbocycles. The molecule has 6 nitrogen and oxygen atoms in total. The number of aliphatic hydroxyl groups is 2. The van der Waals surface area contributed by atoms with Crippen molar-refractivity contribution in [1.82, 2.24) is 5.32 Å². The van der Waals surface area contributed by atoms with Crippen molar-refractivity contribution < 1.29 is 24.5 Å². The lowest BCUT2D eigenvalue weighted by molar-refractivity contribution is -0.151. The predicted molar refractivity (Wildman–Crippen MR) is 246 cm³/mol. The third kappa shape index (κ3) is 40.9. The first-order valence-electron chi connectivity index (χ1n) is 25.1. The summed E-state index contributed by atoms with van der Waals surface area (Å²) in [5.74, 6) is -0.490. The van der Waals surface area contributed by atoms with E-state index in [9.17, 15) is 19.8 Å². The molecule has 1 amide bonds. The summed E-state index contributed by atoms with van der Waals surface area (Å²) < 4.78 is 5.91. The third-order valence-electron chi connectivity index (χ3n) is 11.6. The van der Waals surface area contributed by atoms with Crippen LogP contribution in [0.1, 0.15) is 265 Å². The molecule has 0 radical (unpaired) electrons. The Bertz CT molecular complexity index is 904. The number of nitrogens with one attached hydrogen (secondary N) is 1. The molecule has 3 atom stereocenters. The van der Waals surface area contributed by atoms with Crippen LogP contribution in [0.2, 0.25) is 0 Å². The second kappa shape index (κ2) is 45.4. The molecule has 0 spiro atoms. The Morgan fingerprint density at radius 1 is 0.509 bits per heavy atom. The number of hydrogen-bond donors (Lipinski definition) is 3. The molecule has 0 aromatic carbocycles. The van der Waals surface area contributed by atoms with Gasteiger partial charge in [-0.2, -0.15) is 0 Å². The number of aliphatic hydroxyl groups excluding tert-OH is 2. The first-order valence-corrected chi connectivity index (χ1v) is 25.1. The van der Waals surface area contributed by atoms with Gasteiger partial charge in [0.05, 0.1) is 25.2 Å². The van der Waals surface area contributed by atoms with Crippen LogP contribution >= 0.6 is 0 Å². The fourth-order valence-corrected chi connectivity index (χ4v) is 7.72. The van der Waals surface area contributed by atoms with Crippen LogP contribution in [0.15, 0.2) is 24.3 Å². The van der Waals surface area contributed by atoms with Gasteiger partial charge in [0, 0.05) is 6.42 Å². The monoisotopic (exact) mass is 804 g/mol. The summed E-state index contributed by atoms with van der Waals surface area (Å²) in [5.41, 5.74) is 0. The molecule has 0 aromatic rings. The molecule has 0 aliphatic rings. The van der Waals surface area contributed by atoms with Crippen LogP contribution in [-0.4, -0.2) is 46.9 Å². The van der Waals surface area contributed by atoms with Gasteiger partial charge < -0.3 is 20.3 Å². The molecule has 336 valence electrons. The molecule has 3 unspecified atom stereocenters. The summed E-state index contributed by atoms with van der Waals surface area (Å²) in [6, 6.07) is -0.704. The van der Waals surface area contributed by atoms with Crippen molar-refractivity contribution in [1.29, 1.82) is 0 Å². The Kier molecular flexibility index (Phi) is 44.1. The van der Waals surface area contributed by atoms with E-state index in [0.29, 0.717) is 19.3 Å². The van der Waals surface area contributed by atoms with Crippen LogP contribution in [0.4, 0.5) is 0 Å². The van der Waals surface area contributed by atoms with Gasteiger partial charge in [-0.25, -0.2) is 0 Å². The number of rotatable bonds is 45. The van der Waals surface area contributed by atoms with Gasteiger partial charge in [-0.15, -0.1) is 0 Å². The van der Waals surface area contributed by atoms with Crippen molar-refractivity contribution in [2.24, 2.45) is 0 Å². The number of unbranched alkanes of at least 4 members (excludes halogenated alkanes) is 30. The maximum absolute atomic E-state index is 13.2. The molecule has 0 heterocycles. The summed E-state index contributed by atoms with van der Waals surface area (Å²) in [5, 5.41) is 23.7. The minimum atomic E-state index is -0.789. The van der Waals surface area contributed by atoms with Gasteiger partial charge in [-0.3, -0.25) is 9.59 Å². The van der Waals surface area contributed by atoms with Crippen molar-refractivity contribution in [3.63, 3.8) is 0 Å². The summed E-state index contributed by atoms with van der Waals surface area (Å²) in [6.07, 6.45) is 50.9. The van der Waals surface area contributed by atoms with Crippen LogP contribution in [-0.2, 0) is 14.3 Å². The van der Waals surface area contributed by atoms with Gasteiger partial charge in [-0.1, -0.05) is 225 Å². The Labute approximate surface area is 354 Å². The summed E-state index contributed by atoms with van der Waals surface area (Å²) in [4.78, 5) is 26.0. The molecule has 0 saturated carbocycles. The van der Waals surface area contributed by atoms with Crippen LogP contribution in [0.5, 0.6) is 0 Å². The van der Waals surface area contributed by atoms with Crippen molar-refractivity contribution >= 4 is 11.9 Å². The van der Waals surface area contributed by atoms with Crippen molar-refractivity contribution in [2.75, 3.05) is 6.61 Å². The molecular formula is C51H97NO5. The van der Waals surface area contributed by atoms with Gasteiger partial charge in [0.2, 0.25) is 5.91 Å². The first-order chi connectivity index (χ1) is 28.0. The topological polar surface area (TPSA) is 95.9 Å². The minimum Gasteiger partial charge on any atom is -0.462 e. The summed E-state index contributed by atoms with van der Waals surface area (Å²) >= 11 is 0. The maximum atomic E-state index is 13.2. The van der Waals surface area contributed by atoms with Gasteiger partial charge in [0.1, 0.15) is 6.10 Å². The largest absolute Gasteiger partial charge is 0.462 e. The molecule has 0 bridgehead atoms. The van der Waals surface area contributed by atoms with Crippen LogP contribution in [0.25, 0.3) is 0 Å². The zero-order valence-corrected chi connectivity index (χ0v) is 38.2. The van der Waals surface area contributed by atoms with Crippen molar-refractivity contribution in [3.05, 3.63) is 24.3 Å². The second-order valence-corrected chi connectivity index (χ2v) is 17.3. The van der Waals surface area contributed by atoms with E-state index in [0.717, 1.165) is 70.6 Å². The van der Waals surface area contributed by atoms with Crippen molar-refractivity contribution in [2.45, 2.75) is 283 Å². The lowest BCUT2D eigenvalue weighted by Gasteiger charge is -2.24. The number of ether oxygens (including phenoxy) is 1. The zero-order valence-electron chi connectivity index (χ0n) is 38.2. The van der Waals surface area contributed by atoms with Crippen molar-refractivity contribution in [3.8, 4) is 0 Å². The van der Waals surface area contributed by atoms with E-state index in [-0.39, 0.29) is 24.9 Å². The van der Waals surface area contributed by atoms with E-state index in [1.165, 1.54) is 148 Å². The smallest absolute Gasteiger partial charge is 0.306 e. The predicted octanol–water partition coefficient (Wildman–Crippen LogP) is 14.7. The molecule has 0 aliphatic heterocycles. The molecule has 3 N–H and O–H groups in total. The van der Waals surface area contributed by atoms with E-state index in [4.69, 9.17) is 4.74 Å². The molecule has 0 fully saturated rings. The standard InChI is InChI=1S/C51H97NO5/c1-4-7-10-13-16-19-22-23-24-25-26-29-30-33-36-39-42-47(57-51(56)44-41-38-35-32-28-21-18-15-12-9-6-3)45-50(55)52-48(46-53)49(54)43-40-37-34-31-27-20-17-14-11-8-5-2/h24-26,29,47-49,53-54H,4-23,27-28,30-46H2,1-3H3,(H,52,55)/b25-24+,29-26+. The van der Waals surface area contributed by atoms with Crippen LogP contribution in [0.3, 0.4) is 0 Å². The zero-order chi connectivity index (χ0) is 41.7. The Morgan fingerprint density at radius 2 is 0.877 bits per heavy atom. The Morgan fingerprint density at radius 3 is 1.32 bits per heavy atom. The Balaban J connectivity index is 4.62. The fourth-order valence-electron chi connectivity index (χ4n) is 7.72. The number of allylic oxidation sites excluding steroid dienone is 4. The fraction of sp³-hybridized carbons (Fsp3) is 0.882. The number of esters is 1. The SMILES string of the molecule is CCCCCCCCC/C=C/C=C/CCCCCC(CC(=O)NC(CO)C(O)CCCCCCCCCCCCC)OC(=O)CCCCCCCCCCCCC. The van der Waals surface area contributed by atoms with E-state index in [1.807, 2.05) is 0 Å². The number of amides is 1. The molecular weight excluding hydrogens is 707 g/mol. The highest BCUT2D eigenvalue weighted by Crippen LogP contribution is 2.17. The highest BCUT2D eigenvalue weighted by atomic mass is 16.5. The van der Waals surface area contributed by atoms with Crippen LogP contribution in [0, 0.1) is 0 Å².